The largest absolute Gasteiger partial charge is 0.444 e. The Bertz CT molecular complexity index is 674. The van der Waals surface area contributed by atoms with Crippen LogP contribution in [0, 0.1) is 0 Å². The number of carbonyl (C=O) groups excluding carboxylic acids is 1. The number of amides is 1. The van der Waals surface area contributed by atoms with E-state index in [1.54, 1.807) is 6.20 Å². The van der Waals surface area contributed by atoms with Crippen LogP contribution < -0.4 is 5.32 Å². The van der Waals surface area contributed by atoms with Gasteiger partial charge in [-0.15, -0.1) is 0 Å². The molecule has 0 saturated carbocycles. The maximum absolute atomic E-state index is 12.4. The van der Waals surface area contributed by atoms with Crippen LogP contribution in [0.3, 0.4) is 0 Å². The molecule has 130 valence electrons. The monoisotopic (exact) mass is 332 g/mol. The predicted molar refractivity (Wildman–Crippen MR) is 90.9 cm³/mol. The van der Waals surface area contributed by atoms with Crippen LogP contribution in [-0.4, -0.2) is 45.7 Å². The molecule has 7 heteroatoms. The van der Waals surface area contributed by atoms with Crippen LogP contribution in [0.4, 0.5) is 10.8 Å². The van der Waals surface area contributed by atoms with Crippen LogP contribution in [0.2, 0.25) is 0 Å². The molecule has 1 atom stereocenters. The van der Waals surface area contributed by atoms with E-state index in [4.69, 9.17) is 9.15 Å². The molecule has 2 aromatic rings. The van der Waals surface area contributed by atoms with Gasteiger partial charge in [0.05, 0.1) is 6.04 Å². The molecule has 3 heterocycles. The topological polar surface area (TPSA) is 80.5 Å². The van der Waals surface area contributed by atoms with Crippen molar-refractivity contribution in [2.75, 3.05) is 18.4 Å². The second-order valence-corrected chi connectivity index (χ2v) is 7.05. The van der Waals surface area contributed by atoms with E-state index in [2.05, 4.69) is 15.3 Å². The molecule has 0 aliphatic carbocycles. The summed E-state index contributed by atoms with van der Waals surface area (Å²) in [6, 6.07) is 4.13. The number of ether oxygens (including phenoxy) is 1. The molecule has 1 fully saturated rings. The smallest absolute Gasteiger partial charge is 0.410 e. The van der Waals surface area contributed by atoms with E-state index in [1.165, 1.54) is 0 Å². The molecular weight excluding hydrogens is 308 g/mol. The Morgan fingerprint density at radius 2 is 2.29 bits per heavy atom. The van der Waals surface area contributed by atoms with E-state index >= 15 is 0 Å². The summed E-state index contributed by atoms with van der Waals surface area (Å²) in [4.78, 5) is 22.7. The lowest BCUT2D eigenvalue weighted by Gasteiger charge is -2.36. The Morgan fingerprint density at radius 1 is 1.46 bits per heavy atom. The SMILES string of the molecule is CC(C)(C)OC(=O)N1CCCCC1CNc1nc2ncccc2o1. The van der Waals surface area contributed by atoms with E-state index < -0.39 is 5.60 Å². The molecule has 7 nitrogen and oxygen atoms in total. The van der Waals surface area contributed by atoms with Crippen molar-refractivity contribution in [2.24, 2.45) is 0 Å². The molecule has 0 bridgehead atoms. The molecule has 0 aromatic carbocycles. The number of aromatic nitrogens is 2. The highest BCUT2D eigenvalue weighted by Gasteiger charge is 2.30. The minimum absolute atomic E-state index is 0.0663. The van der Waals surface area contributed by atoms with Crippen LogP contribution in [0.25, 0.3) is 11.2 Å². The molecule has 1 aliphatic rings. The molecule has 24 heavy (non-hydrogen) atoms. The number of hydrogen-bond acceptors (Lipinski definition) is 6. The maximum Gasteiger partial charge on any atom is 0.410 e. The zero-order chi connectivity index (χ0) is 17.2. The summed E-state index contributed by atoms with van der Waals surface area (Å²) >= 11 is 0. The van der Waals surface area contributed by atoms with Gasteiger partial charge in [0, 0.05) is 19.3 Å². The standard InChI is InChI=1S/C17H24N4O3/c1-17(2,3)24-16(22)21-10-5-4-7-12(21)11-19-15-20-14-13(23-15)8-6-9-18-14/h6,8-9,12H,4-5,7,10-11H2,1-3H3,(H,18,19,20). The van der Waals surface area contributed by atoms with E-state index in [-0.39, 0.29) is 12.1 Å². The lowest BCUT2D eigenvalue weighted by molar-refractivity contribution is 0.0113. The summed E-state index contributed by atoms with van der Waals surface area (Å²) in [6.45, 7) is 6.94. The van der Waals surface area contributed by atoms with Gasteiger partial charge in [0.25, 0.3) is 6.01 Å². The average Bonchev–Trinajstić information content (AvgIpc) is 2.94. The summed E-state index contributed by atoms with van der Waals surface area (Å²) < 4.78 is 11.1. The number of anilines is 1. The number of oxazole rings is 1. The highest BCUT2D eigenvalue weighted by atomic mass is 16.6. The van der Waals surface area contributed by atoms with Crippen molar-refractivity contribution in [1.82, 2.24) is 14.9 Å². The number of likely N-dealkylation sites (tertiary alicyclic amines) is 1. The quantitative estimate of drug-likeness (QED) is 0.927. The molecule has 1 unspecified atom stereocenters. The van der Waals surface area contributed by atoms with Gasteiger partial charge >= 0.3 is 6.09 Å². The molecule has 1 amide bonds. The molecule has 1 saturated heterocycles. The van der Waals surface area contributed by atoms with Crippen LogP contribution >= 0.6 is 0 Å². The molecule has 2 aromatic heterocycles. The summed E-state index contributed by atoms with van der Waals surface area (Å²) in [5, 5.41) is 3.18. The number of pyridine rings is 1. The van der Waals surface area contributed by atoms with Crippen molar-refractivity contribution in [2.45, 2.75) is 51.7 Å². The first-order valence-electron chi connectivity index (χ1n) is 8.37. The Balaban J connectivity index is 1.64. The second kappa shape index (κ2) is 6.67. The van der Waals surface area contributed by atoms with Crippen molar-refractivity contribution in [1.29, 1.82) is 0 Å². The van der Waals surface area contributed by atoms with Gasteiger partial charge in [-0.05, 0) is 52.2 Å². The summed E-state index contributed by atoms with van der Waals surface area (Å²) in [7, 11) is 0. The fourth-order valence-electron chi connectivity index (χ4n) is 2.82. The van der Waals surface area contributed by atoms with E-state index in [1.807, 2.05) is 37.8 Å². The first kappa shape index (κ1) is 16.5. The number of nitrogens with one attached hydrogen (secondary N) is 1. The van der Waals surface area contributed by atoms with E-state index in [0.29, 0.717) is 23.8 Å². The summed E-state index contributed by atoms with van der Waals surface area (Å²) in [6.07, 6.45) is 4.46. The normalized spacial score (nSPS) is 18.6. The molecule has 1 N–H and O–H groups in total. The predicted octanol–water partition coefficient (Wildman–Crippen LogP) is 3.42. The van der Waals surface area contributed by atoms with Gasteiger partial charge in [-0.25, -0.2) is 9.78 Å². The van der Waals surface area contributed by atoms with Crippen molar-refractivity contribution >= 4 is 23.3 Å². The third-order valence-electron chi connectivity index (χ3n) is 3.91. The van der Waals surface area contributed by atoms with Gasteiger partial charge in [0.1, 0.15) is 5.60 Å². The van der Waals surface area contributed by atoms with Crippen LogP contribution in [0.5, 0.6) is 0 Å². The Kier molecular flexibility index (Phi) is 4.59. The van der Waals surface area contributed by atoms with E-state index in [9.17, 15) is 4.79 Å². The number of piperidine rings is 1. The number of nitrogens with zero attached hydrogens (tertiary/aromatic N) is 3. The molecule has 0 spiro atoms. The van der Waals surface area contributed by atoms with Crippen molar-refractivity contribution < 1.29 is 13.9 Å². The number of carbonyl (C=O) groups is 1. The summed E-state index contributed by atoms with van der Waals surface area (Å²) in [5.41, 5.74) is 0.735. The van der Waals surface area contributed by atoms with Gasteiger partial charge in [-0.2, -0.15) is 4.98 Å². The first-order valence-corrected chi connectivity index (χ1v) is 8.37. The summed E-state index contributed by atoms with van der Waals surface area (Å²) in [5.74, 6) is 0. The molecule has 3 rings (SSSR count). The van der Waals surface area contributed by atoms with E-state index in [0.717, 1.165) is 25.8 Å². The Labute approximate surface area is 141 Å². The van der Waals surface area contributed by atoms with Gasteiger partial charge in [-0.3, -0.25) is 0 Å². The van der Waals surface area contributed by atoms with Crippen molar-refractivity contribution in [3.63, 3.8) is 0 Å². The Morgan fingerprint density at radius 3 is 3.04 bits per heavy atom. The highest BCUT2D eigenvalue weighted by molar-refractivity contribution is 5.70. The Hall–Kier alpha value is -2.31. The second-order valence-electron chi connectivity index (χ2n) is 7.05. The zero-order valence-corrected chi connectivity index (χ0v) is 14.4. The third-order valence-corrected chi connectivity index (χ3v) is 3.91. The third kappa shape index (κ3) is 3.96. The van der Waals surface area contributed by atoms with Gasteiger partial charge in [0.15, 0.2) is 5.58 Å². The maximum atomic E-state index is 12.4. The van der Waals surface area contributed by atoms with Crippen LogP contribution in [0.15, 0.2) is 22.7 Å². The van der Waals surface area contributed by atoms with Crippen molar-refractivity contribution in [3.05, 3.63) is 18.3 Å². The molecular formula is C17H24N4O3. The molecule has 1 aliphatic heterocycles. The lowest BCUT2D eigenvalue weighted by atomic mass is 10.0. The minimum Gasteiger partial charge on any atom is -0.444 e. The molecule has 0 radical (unpaired) electrons. The van der Waals surface area contributed by atoms with Crippen LogP contribution in [-0.2, 0) is 4.74 Å². The fourth-order valence-corrected chi connectivity index (χ4v) is 2.82. The van der Waals surface area contributed by atoms with Crippen LogP contribution in [0.1, 0.15) is 40.0 Å². The number of fused-ring (bicyclic) bond motifs is 1. The van der Waals surface area contributed by atoms with Crippen molar-refractivity contribution in [3.8, 4) is 0 Å². The highest BCUT2D eigenvalue weighted by Crippen LogP contribution is 2.22. The van der Waals surface area contributed by atoms with Gasteiger partial charge < -0.3 is 19.4 Å². The number of rotatable bonds is 3. The first-order chi connectivity index (χ1) is 11.4. The zero-order valence-electron chi connectivity index (χ0n) is 14.4. The van der Waals surface area contributed by atoms with Gasteiger partial charge in [-0.1, -0.05) is 0 Å². The lowest BCUT2D eigenvalue weighted by Crippen LogP contribution is -2.48. The minimum atomic E-state index is -0.488. The van der Waals surface area contributed by atoms with Gasteiger partial charge in [0.2, 0.25) is 5.65 Å². The fraction of sp³-hybridized carbons (Fsp3) is 0.588. The average molecular weight is 332 g/mol. The number of hydrogen-bond donors (Lipinski definition) is 1.